The fourth-order valence-corrected chi connectivity index (χ4v) is 4.50. The van der Waals surface area contributed by atoms with Crippen molar-refractivity contribution in [1.29, 1.82) is 0 Å². The second-order valence-corrected chi connectivity index (χ2v) is 8.98. The van der Waals surface area contributed by atoms with E-state index in [2.05, 4.69) is 4.72 Å². The van der Waals surface area contributed by atoms with Crippen molar-refractivity contribution in [2.45, 2.75) is 17.7 Å². The number of methoxy groups -OCH3 is 3. The summed E-state index contributed by atoms with van der Waals surface area (Å²) in [4.78, 5) is 0.162. The number of nitrogens with one attached hydrogen (secondary N) is 1. The van der Waals surface area contributed by atoms with Crippen molar-refractivity contribution in [1.82, 2.24) is 4.72 Å². The van der Waals surface area contributed by atoms with E-state index in [-0.39, 0.29) is 17.3 Å². The molecule has 32 heavy (non-hydrogen) atoms. The molecule has 0 aliphatic carbocycles. The van der Waals surface area contributed by atoms with E-state index in [1.54, 1.807) is 48.5 Å². The molecular formula is C24H26FNO5S. The molecule has 1 unspecified atom stereocenters. The molecular weight excluding hydrogens is 433 g/mol. The second kappa shape index (κ2) is 10.0. The maximum absolute atomic E-state index is 13.6. The summed E-state index contributed by atoms with van der Waals surface area (Å²) in [6.45, 7) is 1.89. The number of hydrogen-bond donors (Lipinski definition) is 1. The molecule has 0 aromatic heterocycles. The first kappa shape index (κ1) is 23.6. The van der Waals surface area contributed by atoms with Crippen LogP contribution < -0.4 is 18.9 Å². The van der Waals surface area contributed by atoms with E-state index < -0.39 is 15.9 Å². The largest absolute Gasteiger partial charge is 0.496 e. The van der Waals surface area contributed by atoms with E-state index in [1.165, 1.54) is 33.5 Å². The minimum Gasteiger partial charge on any atom is -0.496 e. The van der Waals surface area contributed by atoms with Gasteiger partial charge in [0.15, 0.2) is 0 Å². The van der Waals surface area contributed by atoms with Crippen LogP contribution in [0.1, 0.15) is 22.6 Å². The van der Waals surface area contributed by atoms with Crippen LogP contribution in [0.5, 0.6) is 17.2 Å². The SMILES string of the molecule is COc1cc(OC)c(C(CNS(=O)(=O)c2ccc(C)cc2)c2ccc(F)cc2)c(OC)c1. The van der Waals surface area contributed by atoms with Crippen LogP contribution in [0.3, 0.4) is 0 Å². The Morgan fingerprint density at radius 2 is 1.44 bits per heavy atom. The van der Waals surface area contributed by atoms with Gasteiger partial charge in [0, 0.05) is 30.2 Å². The first-order valence-electron chi connectivity index (χ1n) is 9.90. The average Bonchev–Trinajstić information content (AvgIpc) is 2.80. The van der Waals surface area contributed by atoms with Crippen LogP contribution in [0.25, 0.3) is 0 Å². The summed E-state index contributed by atoms with van der Waals surface area (Å²) in [5, 5.41) is 0. The molecule has 1 N–H and O–H groups in total. The Kier molecular flexibility index (Phi) is 7.37. The lowest BCUT2D eigenvalue weighted by atomic mass is 9.89. The van der Waals surface area contributed by atoms with E-state index >= 15 is 0 Å². The topological polar surface area (TPSA) is 73.9 Å². The summed E-state index contributed by atoms with van der Waals surface area (Å²) in [5.41, 5.74) is 2.27. The summed E-state index contributed by atoms with van der Waals surface area (Å²) in [7, 11) is 0.770. The minimum absolute atomic E-state index is 0.000884. The van der Waals surface area contributed by atoms with E-state index in [0.717, 1.165) is 5.56 Å². The van der Waals surface area contributed by atoms with Gasteiger partial charge in [0.05, 0.1) is 26.2 Å². The molecule has 0 saturated carbocycles. The number of sulfonamides is 1. The van der Waals surface area contributed by atoms with Crippen LogP contribution >= 0.6 is 0 Å². The lowest BCUT2D eigenvalue weighted by Crippen LogP contribution is -2.29. The van der Waals surface area contributed by atoms with Gasteiger partial charge in [-0.05, 0) is 36.8 Å². The summed E-state index contributed by atoms with van der Waals surface area (Å²) in [5.74, 6) is 0.545. The zero-order valence-corrected chi connectivity index (χ0v) is 19.2. The number of halogens is 1. The third-order valence-electron chi connectivity index (χ3n) is 5.18. The van der Waals surface area contributed by atoms with Gasteiger partial charge in [-0.3, -0.25) is 0 Å². The standard InChI is InChI=1S/C24H26FNO5S/c1-16-5-11-20(12-6-16)32(27,28)26-15-21(17-7-9-18(25)10-8-17)24-22(30-3)13-19(29-2)14-23(24)31-4/h5-14,21,26H,15H2,1-4H3. The van der Waals surface area contributed by atoms with Gasteiger partial charge < -0.3 is 14.2 Å². The molecule has 3 aromatic carbocycles. The van der Waals surface area contributed by atoms with Gasteiger partial charge in [0.2, 0.25) is 10.0 Å². The van der Waals surface area contributed by atoms with Gasteiger partial charge in [-0.25, -0.2) is 17.5 Å². The van der Waals surface area contributed by atoms with Gasteiger partial charge in [-0.2, -0.15) is 0 Å². The highest BCUT2D eigenvalue weighted by atomic mass is 32.2. The number of ether oxygens (including phenoxy) is 3. The predicted molar refractivity (Wildman–Crippen MR) is 121 cm³/mol. The zero-order valence-electron chi connectivity index (χ0n) is 18.4. The number of hydrogen-bond acceptors (Lipinski definition) is 5. The molecule has 0 saturated heterocycles. The van der Waals surface area contributed by atoms with Crippen molar-refractivity contribution in [3.63, 3.8) is 0 Å². The smallest absolute Gasteiger partial charge is 0.240 e. The van der Waals surface area contributed by atoms with Crippen LogP contribution in [-0.2, 0) is 10.0 Å². The first-order chi connectivity index (χ1) is 15.3. The van der Waals surface area contributed by atoms with Crippen LogP contribution in [0.2, 0.25) is 0 Å². The number of benzene rings is 3. The Balaban J connectivity index is 2.06. The average molecular weight is 460 g/mol. The van der Waals surface area contributed by atoms with Gasteiger partial charge in [0.25, 0.3) is 0 Å². The molecule has 0 heterocycles. The zero-order chi connectivity index (χ0) is 23.3. The molecule has 6 nitrogen and oxygen atoms in total. The molecule has 3 aromatic rings. The van der Waals surface area contributed by atoms with Crippen molar-refractivity contribution < 1.29 is 27.0 Å². The number of rotatable bonds is 9. The molecule has 170 valence electrons. The van der Waals surface area contributed by atoms with Crippen LogP contribution in [0, 0.1) is 12.7 Å². The van der Waals surface area contributed by atoms with Crippen molar-refractivity contribution in [2.75, 3.05) is 27.9 Å². The Morgan fingerprint density at radius 1 is 0.875 bits per heavy atom. The van der Waals surface area contributed by atoms with Crippen molar-refractivity contribution >= 4 is 10.0 Å². The molecule has 0 aliphatic heterocycles. The van der Waals surface area contributed by atoms with Crippen LogP contribution in [0.15, 0.2) is 65.6 Å². The summed E-state index contributed by atoms with van der Waals surface area (Å²) >= 11 is 0. The molecule has 1 atom stereocenters. The maximum atomic E-state index is 13.6. The fraction of sp³-hybridized carbons (Fsp3) is 0.250. The normalized spacial score (nSPS) is 12.3. The summed E-state index contributed by atoms with van der Waals surface area (Å²) in [6.07, 6.45) is 0. The molecule has 0 amide bonds. The monoisotopic (exact) mass is 459 g/mol. The summed E-state index contributed by atoms with van der Waals surface area (Å²) < 4.78 is 58.6. The molecule has 0 bridgehead atoms. The molecule has 0 aliphatic rings. The lowest BCUT2D eigenvalue weighted by molar-refractivity contribution is 0.366. The van der Waals surface area contributed by atoms with Crippen LogP contribution in [-0.4, -0.2) is 36.3 Å². The predicted octanol–water partition coefficient (Wildman–Crippen LogP) is 4.27. The van der Waals surface area contributed by atoms with Crippen molar-refractivity contribution in [3.8, 4) is 17.2 Å². The van der Waals surface area contributed by atoms with Gasteiger partial charge in [0.1, 0.15) is 23.1 Å². The molecule has 3 rings (SSSR count). The minimum atomic E-state index is -3.78. The van der Waals surface area contributed by atoms with Gasteiger partial charge in [-0.15, -0.1) is 0 Å². The lowest BCUT2D eigenvalue weighted by Gasteiger charge is -2.24. The molecule has 0 fully saturated rings. The van der Waals surface area contributed by atoms with Crippen LogP contribution in [0.4, 0.5) is 4.39 Å². The van der Waals surface area contributed by atoms with Gasteiger partial charge in [-0.1, -0.05) is 29.8 Å². The Hall–Kier alpha value is -3.10. The maximum Gasteiger partial charge on any atom is 0.240 e. The van der Waals surface area contributed by atoms with Gasteiger partial charge >= 0.3 is 0 Å². The second-order valence-electron chi connectivity index (χ2n) is 7.21. The van der Waals surface area contributed by atoms with E-state index in [0.29, 0.717) is 28.4 Å². The number of aryl methyl sites for hydroxylation is 1. The molecule has 0 radical (unpaired) electrons. The Labute approximate surface area is 188 Å². The Morgan fingerprint density at radius 3 is 1.94 bits per heavy atom. The first-order valence-corrected chi connectivity index (χ1v) is 11.4. The fourth-order valence-electron chi connectivity index (χ4n) is 3.45. The quantitative estimate of drug-likeness (QED) is 0.517. The van der Waals surface area contributed by atoms with Crippen molar-refractivity contribution in [3.05, 3.63) is 83.2 Å². The third-order valence-corrected chi connectivity index (χ3v) is 6.62. The highest BCUT2D eigenvalue weighted by molar-refractivity contribution is 7.89. The molecule has 8 heteroatoms. The van der Waals surface area contributed by atoms with E-state index in [9.17, 15) is 12.8 Å². The van der Waals surface area contributed by atoms with E-state index in [4.69, 9.17) is 14.2 Å². The molecule has 0 spiro atoms. The Bertz CT molecular complexity index is 1140. The third kappa shape index (κ3) is 5.20. The highest BCUT2D eigenvalue weighted by Gasteiger charge is 2.26. The summed E-state index contributed by atoms with van der Waals surface area (Å²) in [6, 6.07) is 15.9. The van der Waals surface area contributed by atoms with E-state index in [1.807, 2.05) is 6.92 Å². The van der Waals surface area contributed by atoms with Crippen molar-refractivity contribution in [2.24, 2.45) is 0 Å². The highest BCUT2D eigenvalue weighted by Crippen LogP contribution is 2.41.